The molecule has 9 nitrogen and oxygen atoms in total. The molecule has 1 unspecified atom stereocenters. The Balaban J connectivity index is 1.49. The third-order valence-electron chi connectivity index (χ3n) is 4.43. The number of nitrogens with zero attached hydrogens (tertiary/aromatic N) is 6. The van der Waals surface area contributed by atoms with Crippen LogP contribution >= 0.6 is 23.2 Å². The van der Waals surface area contributed by atoms with Gasteiger partial charge in [0.05, 0.1) is 18.5 Å². The highest BCUT2D eigenvalue weighted by Gasteiger charge is 2.17. The molecule has 11 heteroatoms. The van der Waals surface area contributed by atoms with Gasteiger partial charge < -0.3 is 9.63 Å². The van der Waals surface area contributed by atoms with Crippen molar-refractivity contribution in [3.05, 3.63) is 80.5 Å². The predicted octanol–water partition coefficient (Wildman–Crippen LogP) is 2.66. The number of hydrogen-bond acceptors (Lipinski definition) is 7. The first-order valence-electron chi connectivity index (χ1n) is 8.90. The second kappa shape index (κ2) is 8.39. The van der Waals surface area contributed by atoms with Gasteiger partial charge in [-0.1, -0.05) is 40.5 Å². The van der Waals surface area contributed by atoms with E-state index < -0.39 is 11.7 Å². The topological polar surface area (TPSA) is 112 Å². The van der Waals surface area contributed by atoms with Crippen LogP contribution in [0, 0.1) is 0 Å². The molecule has 154 valence electrons. The van der Waals surface area contributed by atoms with Crippen molar-refractivity contribution in [3.8, 4) is 11.1 Å². The van der Waals surface area contributed by atoms with Gasteiger partial charge in [0.1, 0.15) is 11.6 Å². The van der Waals surface area contributed by atoms with Crippen molar-refractivity contribution in [2.45, 2.75) is 19.1 Å². The van der Waals surface area contributed by atoms with Crippen molar-refractivity contribution < 1.29 is 9.63 Å². The fourth-order valence-corrected chi connectivity index (χ4v) is 3.26. The van der Waals surface area contributed by atoms with Crippen molar-refractivity contribution in [3.63, 3.8) is 0 Å². The van der Waals surface area contributed by atoms with E-state index in [1.807, 2.05) is 0 Å². The van der Waals surface area contributed by atoms with Gasteiger partial charge in [-0.2, -0.15) is 15.2 Å². The normalized spacial score (nSPS) is 12.3. The fraction of sp³-hybridized carbons (Fsp3) is 0.211. The Kier molecular flexibility index (Phi) is 5.67. The summed E-state index contributed by atoms with van der Waals surface area (Å²) in [7, 11) is 1.77. The van der Waals surface area contributed by atoms with E-state index in [0.717, 1.165) is 4.68 Å². The molecule has 0 bridgehead atoms. The van der Waals surface area contributed by atoms with Gasteiger partial charge in [-0.3, -0.25) is 9.48 Å². The summed E-state index contributed by atoms with van der Waals surface area (Å²) < 4.78 is 7.93. The molecular weight excluding hydrogens is 431 g/mol. The van der Waals surface area contributed by atoms with E-state index in [1.54, 1.807) is 48.4 Å². The molecule has 0 radical (unpaired) electrons. The van der Waals surface area contributed by atoms with E-state index in [1.165, 1.54) is 6.20 Å². The van der Waals surface area contributed by atoms with Crippen LogP contribution in [-0.4, -0.2) is 34.8 Å². The van der Waals surface area contributed by atoms with E-state index in [4.69, 9.17) is 27.7 Å². The largest absolute Gasteiger partial charge is 0.388 e. The Bertz CT molecular complexity index is 1230. The number of rotatable bonds is 6. The molecule has 1 aromatic carbocycles. The number of hydrogen-bond donors (Lipinski definition) is 1. The molecule has 30 heavy (non-hydrogen) atoms. The summed E-state index contributed by atoms with van der Waals surface area (Å²) in [5.41, 5.74) is 1.37. The lowest BCUT2D eigenvalue weighted by atomic mass is 10.1. The third kappa shape index (κ3) is 4.28. The molecule has 0 spiro atoms. The molecule has 4 rings (SSSR count). The van der Waals surface area contributed by atoms with E-state index in [2.05, 4.69) is 20.3 Å². The average molecular weight is 447 g/mol. The van der Waals surface area contributed by atoms with Gasteiger partial charge in [0.2, 0.25) is 5.89 Å². The second-order valence-electron chi connectivity index (χ2n) is 6.61. The van der Waals surface area contributed by atoms with E-state index in [0.29, 0.717) is 27.5 Å². The standard InChI is InChI=1S/C19H16Cl2N6O3/c1-26-9-12(7-22-26)14-8-23-27(19(29)18(14)21)10-17-24-16(25-30-17)6-15(28)11-2-4-13(20)5-3-11/h2-5,7-9,15,28H,6,10H2,1H3. The highest BCUT2D eigenvalue weighted by atomic mass is 35.5. The minimum absolute atomic E-state index is 0.0240. The Morgan fingerprint density at radius 3 is 2.63 bits per heavy atom. The van der Waals surface area contributed by atoms with Crippen molar-refractivity contribution in [1.29, 1.82) is 0 Å². The summed E-state index contributed by atoms with van der Waals surface area (Å²) in [6, 6.07) is 6.84. The van der Waals surface area contributed by atoms with Crippen LogP contribution < -0.4 is 5.56 Å². The number of aliphatic hydroxyl groups is 1. The van der Waals surface area contributed by atoms with Gasteiger partial charge in [0, 0.05) is 35.8 Å². The summed E-state index contributed by atoms with van der Waals surface area (Å²) >= 11 is 12.1. The van der Waals surface area contributed by atoms with Gasteiger partial charge in [-0.05, 0) is 17.7 Å². The van der Waals surface area contributed by atoms with Crippen LogP contribution in [0.4, 0.5) is 0 Å². The van der Waals surface area contributed by atoms with Gasteiger partial charge in [0.25, 0.3) is 5.56 Å². The third-order valence-corrected chi connectivity index (χ3v) is 5.04. The first-order valence-corrected chi connectivity index (χ1v) is 9.66. The first kappa shape index (κ1) is 20.3. The smallest absolute Gasteiger partial charge is 0.286 e. The Morgan fingerprint density at radius 2 is 1.93 bits per heavy atom. The van der Waals surface area contributed by atoms with Crippen LogP contribution in [-0.2, 0) is 20.0 Å². The molecule has 0 saturated carbocycles. The van der Waals surface area contributed by atoms with Crippen molar-refractivity contribution in [2.75, 3.05) is 0 Å². The molecule has 1 N–H and O–H groups in total. The predicted molar refractivity (Wildman–Crippen MR) is 109 cm³/mol. The van der Waals surface area contributed by atoms with E-state index in [-0.39, 0.29) is 23.9 Å². The molecule has 0 saturated heterocycles. The molecule has 0 aliphatic rings. The monoisotopic (exact) mass is 446 g/mol. The zero-order valence-electron chi connectivity index (χ0n) is 15.7. The molecule has 0 aliphatic heterocycles. The maximum absolute atomic E-state index is 12.6. The van der Waals surface area contributed by atoms with Crippen LogP contribution in [0.5, 0.6) is 0 Å². The molecule has 0 aliphatic carbocycles. The van der Waals surface area contributed by atoms with Gasteiger partial charge in [-0.25, -0.2) is 4.68 Å². The number of aromatic nitrogens is 6. The number of halogens is 2. The molecule has 4 aromatic rings. The number of aryl methyl sites for hydroxylation is 1. The quantitative estimate of drug-likeness (QED) is 0.484. The summed E-state index contributed by atoms with van der Waals surface area (Å²) in [6.07, 6.45) is 4.16. The van der Waals surface area contributed by atoms with Crippen molar-refractivity contribution in [2.24, 2.45) is 7.05 Å². The maximum Gasteiger partial charge on any atom is 0.286 e. The molecular formula is C19H16Cl2N6O3. The Morgan fingerprint density at radius 1 is 1.17 bits per heavy atom. The minimum Gasteiger partial charge on any atom is -0.388 e. The Labute approximate surface area is 180 Å². The number of benzene rings is 1. The van der Waals surface area contributed by atoms with E-state index in [9.17, 15) is 9.90 Å². The van der Waals surface area contributed by atoms with Gasteiger partial charge in [0.15, 0.2) is 5.82 Å². The summed E-state index contributed by atoms with van der Waals surface area (Å²) in [5.74, 6) is 0.478. The maximum atomic E-state index is 12.6. The second-order valence-corrected chi connectivity index (χ2v) is 7.43. The molecule has 1 atom stereocenters. The zero-order valence-corrected chi connectivity index (χ0v) is 17.2. The Hall–Kier alpha value is -3.01. The summed E-state index contributed by atoms with van der Waals surface area (Å²) in [5, 5.41) is 23.0. The van der Waals surface area contributed by atoms with Crippen LogP contribution in [0.25, 0.3) is 11.1 Å². The molecule has 3 aromatic heterocycles. The minimum atomic E-state index is -0.818. The van der Waals surface area contributed by atoms with E-state index >= 15 is 0 Å². The van der Waals surface area contributed by atoms with Crippen molar-refractivity contribution >= 4 is 23.2 Å². The molecule has 3 heterocycles. The summed E-state index contributed by atoms with van der Waals surface area (Å²) in [6.45, 7) is -0.0457. The van der Waals surface area contributed by atoms with Crippen LogP contribution in [0.3, 0.4) is 0 Å². The van der Waals surface area contributed by atoms with Crippen LogP contribution in [0.15, 0.2) is 52.2 Å². The van der Waals surface area contributed by atoms with Crippen LogP contribution in [0.2, 0.25) is 10.0 Å². The summed E-state index contributed by atoms with van der Waals surface area (Å²) in [4.78, 5) is 16.8. The number of aliphatic hydroxyl groups excluding tert-OH is 1. The van der Waals surface area contributed by atoms with Gasteiger partial charge in [-0.15, -0.1) is 0 Å². The first-order chi connectivity index (χ1) is 14.4. The highest BCUT2D eigenvalue weighted by Crippen LogP contribution is 2.23. The lowest BCUT2D eigenvalue weighted by molar-refractivity contribution is 0.174. The molecule has 0 fully saturated rings. The average Bonchev–Trinajstić information content (AvgIpc) is 3.35. The SMILES string of the molecule is Cn1cc(-c2cnn(Cc3nc(CC(O)c4ccc(Cl)cc4)no3)c(=O)c2Cl)cn1. The van der Waals surface area contributed by atoms with Gasteiger partial charge >= 0.3 is 0 Å². The fourth-order valence-electron chi connectivity index (χ4n) is 2.88. The van der Waals surface area contributed by atoms with Crippen LogP contribution in [0.1, 0.15) is 23.4 Å². The molecule has 0 amide bonds. The highest BCUT2D eigenvalue weighted by molar-refractivity contribution is 6.33. The van der Waals surface area contributed by atoms with Crippen molar-refractivity contribution in [1.82, 2.24) is 29.7 Å². The lowest BCUT2D eigenvalue weighted by Crippen LogP contribution is -2.24. The zero-order chi connectivity index (χ0) is 21.3. The lowest BCUT2D eigenvalue weighted by Gasteiger charge is -2.08.